The zero-order valence-electron chi connectivity index (χ0n) is 17.5. The van der Waals surface area contributed by atoms with Crippen LogP contribution < -0.4 is 10.7 Å². The first-order valence-corrected chi connectivity index (χ1v) is 11.1. The van der Waals surface area contributed by atoms with Gasteiger partial charge in [-0.2, -0.15) is 13.2 Å². The Morgan fingerprint density at radius 1 is 1.19 bits per heavy atom. The van der Waals surface area contributed by atoms with Gasteiger partial charge in [0.1, 0.15) is 5.25 Å². The number of nitrogens with zero attached hydrogens (tertiary/aromatic N) is 3. The minimum atomic E-state index is -4.49. The van der Waals surface area contributed by atoms with Crippen molar-refractivity contribution in [2.24, 2.45) is 0 Å². The maximum atomic E-state index is 13.2. The van der Waals surface area contributed by atoms with E-state index in [2.05, 4.69) is 20.9 Å². The van der Waals surface area contributed by atoms with Crippen LogP contribution >= 0.6 is 11.8 Å². The van der Waals surface area contributed by atoms with Gasteiger partial charge in [0, 0.05) is 12.1 Å². The van der Waals surface area contributed by atoms with Gasteiger partial charge in [-0.1, -0.05) is 54.6 Å². The van der Waals surface area contributed by atoms with Crippen molar-refractivity contribution in [1.82, 2.24) is 14.9 Å². The number of carbonyl (C=O) groups is 1. The van der Waals surface area contributed by atoms with Crippen molar-refractivity contribution in [3.8, 4) is 0 Å². The third-order valence-corrected chi connectivity index (χ3v) is 6.34. The number of anilines is 1. The molecule has 0 saturated carbocycles. The first-order valence-electron chi connectivity index (χ1n) is 10.2. The van der Waals surface area contributed by atoms with Gasteiger partial charge in [-0.05, 0) is 37.1 Å². The second-order valence-electron chi connectivity index (χ2n) is 7.61. The molecule has 4 rings (SSSR count). The van der Waals surface area contributed by atoms with Crippen LogP contribution in [0.25, 0.3) is 0 Å². The fourth-order valence-corrected chi connectivity index (χ4v) is 4.59. The Balaban J connectivity index is 1.65. The van der Waals surface area contributed by atoms with Gasteiger partial charge in [0.25, 0.3) is 0 Å². The average molecular weight is 462 g/mol. The normalized spacial score (nSPS) is 18.0. The minimum absolute atomic E-state index is 0.0896. The van der Waals surface area contributed by atoms with Crippen LogP contribution in [0.5, 0.6) is 0 Å². The number of aromatic nitrogens is 3. The van der Waals surface area contributed by atoms with Gasteiger partial charge in [-0.25, -0.2) is 4.68 Å². The Labute approximate surface area is 187 Å². The number of alkyl halides is 3. The highest BCUT2D eigenvalue weighted by atomic mass is 32.2. The highest BCUT2D eigenvalue weighted by Gasteiger charge is 2.38. The number of hydrogen-bond acceptors (Lipinski definition) is 5. The van der Waals surface area contributed by atoms with Gasteiger partial charge in [0.15, 0.2) is 5.82 Å². The van der Waals surface area contributed by atoms with Crippen molar-refractivity contribution < 1.29 is 18.0 Å². The molecule has 168 valence electrons. The van der Waals surface area contributed by atoms with Gasteiger partial charge in [0.2, 0.25) is 11.1 Å². The second-order valence-corrected chi connectivity index (χ2v) is 8.72. The average Bonchev–Trinajstić information content (AvgIpc) is 3.15. The van der Waals surface area contributed by atoms with Crippen LogP contribution in [-0.4, -0.2) is 26.0 Å². The Morgan fingerprint density at radius 2 is 1.94 bits per heavy atom. The van der Waals surface area contributed by atoms with E-state index in [1.54, 1.807) is 4.68 Å². The van der Waals surface area contributed by atoms with Crippen molar-refractivity contribution in [2.75, 3.05) is 10.7 Å². The van der Waals surface area contributed by atoms with E-state index in [-0.39, 0.29) is 5.69 Å². The molecule has 1 aliphatic heterocycles. The lowest BCUT2D eigenvalue weighted by molar-refractivity contribution is -0.137. The maximum absolute atomic E-state index is 13.2. The van der Waals surface area contributed by atoms with E-state index in [1.807, 2.05) is 38.1 Å². The number of carbonyl (C=O) groups excluding carboxylic acids is 1. The summed E-state index contributed by atoms with van der Waals surface area (Å²) in [6.07, 6.45) is -2.88. The van der Waals surface area contributed by atoms with E-state index < -0.39 is 28.9 Å². The molecule has 2 heterocycles. The Bertz CT molecular complexity index is 1110. The lowest BCUT2D eigenvalue weighted by atomic mass is 10.0. The predicted molar refractivity (Wildman–Crippen MR) is 117 cm³/mol. The quantitative estimate of drug-likeness (QED) is 0.562. The van der Waals surface area contributed by atoms with Gasteiger partial charge in [-0.15, -0.1) is 10.2 Å². The van der Waals surface area contributed by atoms with Crippen LogP contribution in [0.3, 0.4) is 0 Å². The summed E-state index contributed by atoms with van der Waals surface area (Å²) in [4.78, 5) is 13.2. The van der Waals surface area contributed by atoms with Crippen LogP contribution in [0, 0.1) is 6.92 Å². The molecule has 2 aromatic carbocycles. The van der Waals surface area contributed by atoms with Gasteiger partial charge in [0.05, 0.1) is 11.6 Å². The smallest absolute Gasteiger partial charge is 0.325 e. The number of nitrogens with one attached hydrogen (secondary N) is 2. The number of benzene rings is 2. The van der Waals surface area contributed by atoms with Crippen LogP contribution in [0.2, 0.25) is 0 Å². The fraction of sp³-hybridized carbons (Fsp3) is 0.318. The summed E-state index contributed by atoms with van der Waals surface area (Å²) >= 11 is 1.24. The first-order chi connectivity index (χ1) is 15.3. The Kier molecular flexibility index (Phi) is 6.14. The molecule has 0 fully saturated rings. The van der Waals surface area contributed by atoms with Crippen LogP contribution in [0.4, 0.5) is 18.9 Å². The topological polar surface area (TPSA) is 71.8 Å². The number of aryl methyl sites for hydroxylation is 2. The first kappa shape index (κ1) is 22.2. The van der Waals surface area contributed by atoms with Crippen LogP contribution in [-0.2, 0) is 17.4 Å². The third-order valence-electron chi connectivity index (χ3n) is 5.13. The second kappa shape index (κ2) is 8.85. The highest BCUT2D eigenvalue weighted by molar-refractivity contribution is 8.00. The van der Waals surface area contributed by atoms with Crippen molar-refractivity contribution in [3.05, 3.63) is 71.0 Å². The van der Waals surface area contributed by atoms with Crippen molar-refractivity contribution in [2.45, 2.75) is 49.3 Å². The monoisotopic (exact) mass is 461 g/mol. The fourth-order valence-electron chi connectivity index (χ4n) is 3.49. The molecule has 32 heavy (non-hydrogen) atoms. The molecular weight excluding hydrogens is 439 g/mol. The SMILES string of the molecule is CCCc1nnc2n1NC(c1ccc(C)cc1)C(C(=O)Nc1cccc(C(F)(F)F)c1)S2. The molecule has 1 aliphatic rings. The number of fused-ring (bicyclic) bond motifs is 1. The molecule has 2 N–H and O–H groups in total. The summed E-state index contributed by atoms with van der Waals surface area (Å²) in [5, 5.41) is 10.9. The standard InChI is InChI=1S/C22H22F3N5OS/c1-3-5-17-27-28-21-30(17)29-18(14-10-8-13(2)9-11-14)19(32-21)20(31)26-16-7-4-6-15(12-16)22(23,24)25/h4,6-12,18-19,29H,3,5H2,1-2H3,(H,26,31). The lowest BCUT2D eigenvalue weighted by Gasteiger charge is -2.33. The van der Waals surface area contributed by atoms with Crippen molar-refractivity contribution in [1.29, 1.82) is 0 Å². The van der Waals surface area contributed by atoms with Gasteiger partial charge in [-0.3, -0.25) is 4.79 Å². The van der Waals surface area contributed by atoms with Crippen LogP contribution in [0.15, 0.2) is 53.7 Å². The minimum Gasteiger partial charge on any atom is -0.325 e. The molecule has 2 unspecified atom stereocenters. The molecule has 0 saturated heterocycles. The van der Waals surface area contributed by atoms with Crippen molar-refractivity contribution in [3.63, 3.8) is 0 Å². The van der Waals surface area contributed by atoms with E-state index in [0.717, 1.165) is 41.9 Å². The number of thioether (sulfide) groups is 1. The molecular formula is C22H22F3N5OS. The van der Waals surface area contributed by atoms with E-state index in [1.165, 1.54) is 23.9 Å². The largest absolute Gasteiger partial charge is 0.416 e. The number of amides is 1. The van der Waals surface area contributed by atoms with Crippen LogP contribution in [0.1, 0.15) is 41.9 Å². The van der Waals surface area contributed by atoms with E-state index >= 15 is 0 Å². The zero-order valence-corrected chi connectivity index (χ0v) is 18.3. The molecule has 10 heteroatoms. The third kappa shape index (κ3) is 4.59. The zero-order chi connectivity index (χ0) is 22.9. The van der Waals surface area contributed by atoms with Gasteiger partial charge >= 0.3 is 6.18 Å². The molecule has 6 nitrogen and oxygen atoms in total. The summed E-state index contributed by atoms with van der Waals surface area (Å²) in [6.45, 7) is 4.02. The summed E-state index contributed by atoms with van der Waals surface area (Å²) < 4.78 is 41.0. The summed E-state index contributed by atoms with van der Waals surface area (Å²) in [6, 6.07) is 12.0. The van der Waals surface area contributed by atoms with E-state index in [4.69, 9.17) is 0 Å². The molecule has 0 radical (unpaired) electrons. The highest BCUT2D eigenvalue weighted by Crippen LogP contribution is 2.38. The summed E-state index contributed by atoms with van der Waals surface area (Å²) in [5.74, 6) is 0.350. The Hall–Kier alpha value is -3.01. The molecule has 1 aromatic heterocycles. The number of halogens is 3. The maximum Gasteiger partial charge on any atom is 0.416 e. The molecule has 0 spiro atoms. The number of rotatable bonds is 5. The number of hydrogen-bond donors (Lipinski definition) is 2. The van der Waals surface area contributed by atoms with E-state index in [0.29, 0.717) is 5.16 Å². The molecule has 0 bridgehead atoms. The summed E-state index contributed by atoms with van der Waals surface area (Å²) in [7, 11) is 0. The van der Waals surface area contributed by atoms with E-state index in [9.17, 15) is 18.0 Å². The summed E-state index contributed by atoms with van der Waals surface area (Å²) in [5.41, 5.74) is 4.59. The lowest BCUT2D eigenvalue weighted by Crippen LogP contribution is -2.41. The predicted octanol–water partition coefficient (Wildman–Crippen LogP) is 4.96. The van der Waals surface area contributed by atoms with Gasteiger partial charge < -0.3 is 10.7 Å². The molecule has 2 atom stereocenters. The molecule has 0 aliphatic carbocycles. The van der Waals surface area contributed by atoms with Crippen molar-refractivity contribution >= 4 is 23.4 Å². The molecule has 3 aromatic rings. The molecule has 1 amide bonds. The Morgan fingerprint density at radius 3 is 2.62 bits per heavy atom.